The molecule has 0 radical (unpaired) electrons. The molecule has 0 saturated carbocycles. The zero-order valence-electron chi connectivity index (χ0n) is 12.6. The van der Waals surface area contributed by atoms with E-state index < -0.39 is 0 Å². The molecule has 20 heavy (non-hydrogen) atoms. The lowest BCUT2D eigenvalue weighted by molar-refractivity contribution is 0.147. The molecule has 2 aliphatic heterocycles. The Kier molecular flexibility index (Phi) is 4.46. The Morgan fingerprint density at radius 2 is 2.05 bits per heavy atom. The van der Waals surface area contributed by atoms with E-state index in [0.717, 1.165) is 25.7 Å². The summed E-state index contributed by atoms with van der Waals surface area (Å²) >= 11 is 0. The number of nitrogens with one attached hydrogen (secondary N) is 1. The third-order valence-electron chi connectivity index (χ3n) is 4.82. The average Bonchev–Trinajstić information content (AvgIpc) is 2.53. The molecule has 0 aromatic heterocycles. The number of rotatable bonds is 4. The van der Waals surface area contributed by atoms with Crippen LogP contribution in [-0.4, -0.2) is 43.7 Å². The number of hydrogen-bond donors (Lipinski definition) is 1. The Morgan fingerprint density at radius 3 is 2.95 bits per heavy atom. The molecule has 3 rings (SSSR count). The smallest absolute Gasteiger partial charge is 0.0603 e. The van der Waals surface area contributed by atoms with Crippen LogP contribution in [0, 0.1) is 0 Å². The van der Waals surface area contributed by atoms with E-state index in [1.807, 2.05) is 0 Å². The molecule has 0 bridgehead atoms. The van der Waals surface area contributed by atoms with Gasteiger partial charge in [0.15, 0.2) is 0 Å². The van der Waals surface area contributed by atoms with Crippen molar-refractivity contribution in [1.29, 1.82) is 0 Å². The first kappa shape index (κ1) is 13.7. The van der Waals surface area contributed by atoms with E-state index in [2.05, 4.69) is 46.3 Å². The van der Waals surface area contributed by atoms with Crippen LogP contribution >= 0.6 is 0 Å². The Morgan fingerprint density at radius 1 is 1.15 bits per heavy atom. The van der Waals surface area contributed by atoms with Gasteiger partial charge in [-0.15, -0.1) is 0 Å². The van der Waals surface area contributed by atoms with E-state index in [-0.39, 0.29) is 0 Å². The predicted octanol–water partition coefficient (Wildman–Crippen LogP) is 3.18. The lowest BCUT2D eigenvalue weighted by Gasteiger charge is -2.38. The molecule has 2 heterocycles. The topological polar surface area (TPSA) is 18.5 Å². The number of anilines is 2. The lowest BCUT2D eigenvalue weighted by atomic mass is 10.00. The number of nitrogens with zero attached hydrogens (tertiary/aromatic N) is 2. The highest BCUT2D eigenvalue weighted by Gasteiger charge is 2.22. The third kappa shape index (κ3) is 2.93. The summed E-state index contributed by atoms with van der Waals surface area (Å²) in [5.74, 6) is 0. The Balaban J connectivity index is 1.61. The summed E-state index contributed by atoms with van der Waals surface area (Å²) in [5, 5.41) is 3.50. The molecule has 1 aromatic rings. The van der Waals surface area contributed by atoms with Crippen LogP contribution in [0.25, 0.3) is 0 Å². The van der Waals surface area contributed by atoms with Gasteiger partial charge in [0, 0.05) is 32.2 Å². The summed E-state index contributed by atoms with van der Waals surface area (Å²) in [5.41, 5.74) is 2.67. The summed E-state index contributed by atoms with van der Waals surface area (Å²) in [6.45, 7) is 8.20. The van der Waals surface area contributed by atoms with Gasteiger partial charge in [0.25, 0.3) is 0 Å². The maximum absolute atomic E-state index is 3.50. The maximum Gasteiger partial charge on any atom is 0.0603 e. The molecular weight excluding hydrogens is 246 g/mol. The van der Waals surface area contributed by atoms with Gasteiger partial charge in [0.1, 0.15) is 0 Å². The zero-order valence-corrected chi connectivity index (χ0v) is 12.6. The van der Waals surface area contributed by atoms with E-state index in [4.69, 9.17) is 0 Å². The highest BCUT2D eigenvalue weighted by molar-refractivity contribution is 5.71. The molecule has 3 heteroatoms. The van der Waals surface area contributed by atoms with E-state index in [9.17, 15) is 0 Å². The summed E-state index contributed by atoms with van der Waals surface area (Å²) < 4.78 is 0. The highest BCUT2D eigenvalue weighted by Crippen LogP contribution is 2.28. The summed E-state index contributed by atoms with van der Waals surface area (Å²) in [6, 6.07) is 9.52. The SMILES string of the molecule is CCC1CCCCN1CCN1CCNc2ccccc21. The number of likely N-dealkylation sites (tertiary alicyclic amines) is 1. The minimum atomic E-state index is 0.821. The predicted molar refractivity (Wildman–Crippen MR) is 86.6 cm³/mol. The van der Waals surface area contributed by atoms with E-state index in [1.54, 1.807) is 0 Å². The molecule has 110 valence electrons. The molecule has 1 aromatic carbocycles. The van der Waals surface area contributed by atoms with Gasteiger partial charge < -0.3 is 10.2 Å². The molecule has 3 nitrogen and oxygen atoms in total. The van der Waals surface area contributed by atoms with E-state index in [0.29, 0.717) is 0 Å². The summed E-state index contributed by atoms with van der Waals surface area (Å²) in [4.78, 5) is 5.27. The molecule has 1 fully saturated rings. The fourth-order valence-corrected chi connectivity index (χ4v) is 3.64. The second-order valence-corrected chi connectivity index (χ2v) is 6.02. The summed E-state index contributed by atoms with van der Waals surface area (Å²) in [7, 11) is 0. The van der Waals surface area contributed by atoms with E-state index >= 15 is 0 Å². The molecule has 1 N–H and O–H groups in total. The van der Waals surface area contributed by atoms with Gasteiger partial charge in [-0.2, -0.15) is 0 Å². The minimum absolute atomic E-state index is 0.821. The monoisotopic (exact) mass is 273 g/mol. The Bertz CT molecular complexity index is 432. The normalized spacial score (nSPS) is 23.2. The van der Waals surface area contributed by atoms with Crippen molar-refractivity contribution in [3.8, 4) is 0 Å². The number of hydrogen-bond acceptors (Lipinski definition) is 3. The van der Waals surface area contributed by atoms with Crippen LogP contribution in [0.2, 0.25) is 0 Å². The standard InChI is InChI=1S/C17H27N3/c1-2-15-7-5-6-11-19(15)13-14-20-12-10-18-16-8-3-4-9-17(16)20/h3-4,8-9,15,18H,2,5-7,10-14H2,1H3. The van der Waals surface area contributed by atoms with Crippen LogP contribution in [0.1, 0.15) is 32.6 Å². The van der Waals surface area contributed by atoms with Gasteiger partial charge in [-0.3, -0.25) is 4.90 Å². The second kappa shape index (κ2) is 6.49. The van der Waals surface area contributed by atoms with Crippen molar-refractivity contribution < 1.29 is 0 Å². The molecular formula is C17H27N3. The Labute approximate surface area is 123 Å². The molecule has 0 spiro atoms. The number of para-hydroxylation sites is 2. The van der Waals surface area contributed by atoms with Gasteiger partial charge >= 0.3 is 0 Å². The first-order valence-corrected chi connectivity index (χ1v) is 8.20. The van der Waals surface area contributed by atoms with Gasteiger partial charge in [0.2, 0.25) is 0 Å². The van der Waals surface area contributed by atoms with Crippen LogP contribution in [0.5, 0.6) is 0 Å². The summed E-state index contributed by atoms with van der Waals surface area (Å²) in [6.07, 6.45) is 5.51. The number of benzene rings is 1. The molecule has 1 atom stereocenters. The van der Waals surface area contributed by atoms with Crippen molar-refractivity contribution >= 4 is 11.4 Å². The Hall–Kier alpha value is -1.22. The maximum atomic E-state index is 3.50. The average molecular weight is 273 g/mol. The van der Waals surface area contributed by atoms with Crippen molar-refractivity contribution in [2.75, 3.05) is 42.9 Å². The fourth-order valence-electron chi connectivity index (χ4n) is 3.64. The molecule has 2 aliphatic rings. The van der Waals surface area contributed by atoms with Gasteiger partial charge in [-0.25, -0.2) is 0 Å². The van der Waals surface area contributed by atoms with Gasteiger partial charge in [0.05, 0.1) is 11.4 Å². The largest absolute Gasteiger partial charge is 0.382 e. The van der Waals surface area contributed by atoms with Crippen LogP contribution in [0.3, 0.4) is 0 Å². The molecule has 0 aliphatic carbocycles. The highest BCUT2D eigenvalue weighted by atomic mass is 15.2. The molecule has 1 unspecified atom stereocenters. The first-order chi connectivity index (χ1) is 9.88. The zero-order chi connectivity index (χ0) is 13.8. The van der Waals surface area contributed by atoms with Gasteiger partial charge in [-0.1, -0.05) is 25.5 Å². The lowest BCUT2D eigenvalue weighted by Crippen LogP contribution is -2.45. The number of piperidine rings is 1. The fraction of sp³-hybridized carbons (Fsp3) is 0.647. The first-order valence-electron chi connectivity index (χ1n) is 8.20. The quantitative estimate of drug-likeness (QED) is 0.909. The van der Waals surface area contributed by atoms with Crippen molar-refractivity contribution in [2.45, 2.75) is 38.6 Å². The molecule has 0 amide bonds. The van der Waals surface area contributed by atoms with Crippen molar-refractivity contribution in [1.82, 2.24) is 4.90 Å². The van der Waals surface area contributed by atoms with E-state index in [1.165, 1.54) is 50.1 Å². The van der Waals surface area contributed by atoms with Crippen LogP contribution in [0.15, 0.2) is 24.3 Å². The van der Waals surface area contributed by atoms with Crippen molar-refractivity contribution in [3.05, 3.63) is 24.3 Å². The molecule has 1 saturated heterocycles. The van der Waals surface area contributed by atoms with Crippen molar-refractivity contribution in [3.63, 3.8) is 0 Å². The van der Waals surface area contributed by atoms with Crippen molar-refractivity contribution in [2.24, 2.45) is 0 Å². The van der Waals surface area contributed by atoms with Crippen LogP contribution in [0.4, 0.5) is 11.4 Å². The third-order valence-corrected chi connectivity index (χ3v) is 4.82. The van der Waals surface area contributed by atoms with Crippen LogP contribution in [-0.2, 0) is 0 Å². The number of fused-ring (bicyclic) bond motifs is 1. The minimum Gasteiger partial charge on any atom is -0.382 e. The van der Waals surface area contributed by atoms with Crippen LogP contribution < -0.4 is 10.2 Å². The van der Waals surface area contributed by atoms with Gasteiger partial charge in [-0.05, 0) is 37.9 Å². The second-order valence-electron chi connectivity index (χ2n) is 6.02.